The van der Waals surface area contributed by atoms with E-state index >= 15 is 0 Å². The fraction of sp³-hybridized carbons (Fsp3) is 0.417. The van der Waals surface area contributed by atoms with Crippen LogP contribution < -0.4 is 5.73 Å². The lowest BCUT2D eigenvalue weighted by atomic mass is 9.95. The summed E-state index contributed by atoms with van der Waals surface area (Å²) >= 11 is 6.06. The van der Waals surface area contributed by atoms with Gasteiger partial charge in [-0.15, -0.1) is 5.10 Å². The molecule has 5 nitrogen and oxygen atoms in total. The van der Waals surface area contributed by atoms with Gasteiger partial charge in [0.05, 0.1) is 16.4 Å². The van der Waals surface area contributed by atoms with Gasteiger partial charge in [0.1, 0.15) is 0 Å². The smallest absolute Gasteiger partial charge is 0.162 e. The molecule has 0 unspecified atom stereocenters. The number of aryl methyl sites for hydroxylation is 1. The fourth-order valence-corrected chi connectivity index (χ4v) is 1.90. The van der Waals surface area contributed by atoms with E-state index in [1.807, 2.05) is 13.0 Å². The third-order valence-corrected chi connectivity index (χ3v) is 3.01. The van der Waals surface area contributed by atoms with Crippen LogP contribution in [0.15, 0.2) is 12.1 Å². The molecule has 0 aliphatic rings. The maximum Gasteiger partial charge on any atom is 0.162 e. The summed E-state index contributed by atoms with van der Waals surface area (Å²) in [7, 11) is 0. The van der Waals surface area contributed by atoms with Gasteiger partial charge in [-0.05, 0) is 35.0 Å². The van der Waals surface area contributed by atoms with Crippen LogP contribution in [0.3, 0.4) is 0 Å². The van der Waals surface area contributed by atoms with E-state index in [0.717, 1.165) is 17.1 Å². The molecule has 18 heavy (non-hydrogen) atoms. The van der Waals surface area contributed by atoms with Gasteiger partial charge in [-0.25, -0.2) is 0 Å². The fourth-order valence-electron chi connectivity index (χ4n) is 1.74. The molecule has 0 bridgehead atoms. The van der Waals surface area contributed by atoms with Crippen molar-refractivity contribution in [3.8, 4) is 5.69 Å². The summed E-state index contributed by atoms with van der Waals surface area (Å²) < 4.78 is 1.71. The van der Waals surface area contributed by atoms with Crippen molar-refractivity contribution in [2.75, 3.05) is 5.73 Å². The average Bonchev–Trinajstić information content (AvgIpc) is 2.71. The van der Waals surface area contributed by atoms with E-state index in [1.165, 1.54) is 0 Å². The summed E-state index contributed by atoms with van der Waals surface area (Å²) in [6, 6.07) is 3.61. The second kappa shape index (κ2) is 4.24. The maximum atomic E-state index is 6.06. The van der Waals surface area contributed by atoms with E-state index in [9.17, 15) is 0 Å². The molecule has 0 saturated carbocycles. The first-order valence-corrected chi connectivity index (χ1v) is 6.03. The van der Waals surface area contributed by atoms with Crippen LogP contribution in [0.2, 0.25) is 5.02 Å². The number of nitrogens with two attached hydrogens (primary N) is 1. The van der Waals surface area contributed by atoms with Gasteiger partial charge in [-0.3, -0.25) is 0 Å². The molecule has 1 aromatic carbocycles. The number of hydrogen-bond donors (Lipinski definition) is 1. The predicted molar refractivity (Wildman–Crippen MR) is 72.0 cm³/mol. The molecule has 0 fully saturated rings. The van der Waals surface area contributed by atoms with Gasteiger partial charge >= 0.3 is 0 Å². The van der Waals surface area contributed by atoms with Crippen LogP contribution in [0, 0.1) is 6.92 Å². The van der Waals surface area contributed by atoms with E-state index in [2.05, 4.69) is 36.3 Å². The topological polar surface area (TPSA) is 69.6 Å². The number of halogens is 1. The predicted octanol–water partition coefficient (Wildman–Crippen LogP) is 2.50. The molecule has 0 amide bonds. The molecule has 2 aromatic rings. The molecule has 1 heterocycles. The van der Waals surface area contributed by atoms with Crippen molar-refractivity contribution in [3.05, 3.63) is 28.5 Å². The molecular formula is C12H16ClN5. The first-order valence-electron chi connectivity index (χ1n) is 5.65. The molecule has 0 atom stereocenters. The number of anilines is 1. The van der Waals surface area contributed by atoms with E-state index in [-0.39, 0.29) is 5.41 Å². The molecule has 6 heteroatoms. The molecule has 0 spiro atoms. The molecule has 96 valence electrons. The molecule has 0 aliphatic heterocycles. The Morgan fingerprint density at radius 2 is 1.94 bits per heavy atom. The number of nitrogen functional groups attached to an aromatic ring is 1. The van der Waals surface area contributed by atoms with Crippen LogP contribution in [-0.2, 0) is 5.41 Å². The van der Waals surface area contributed by atoms with Crippen LogP contribution in [0.25, 0.3) is 5.69 Å². The summed E-state index contributed by atoms with van der Waals surface area (Å²) in [5.41, 5.74) is 8.02. The van der Waals surface area contributed by atoms with E-state index in [0.29, 0.717) is 10.7 Å². The highest BCUT2D eigenvalue weighted by molar-refractivity contribution is 6.33. The summed E-state index contributed by atoms with van der Waals surface area (Å²) in [6.45, 7) is 8.13. The van der Waals surface area contributed by atoms with Gasteiger partial charge in [0.25, 0.3) is 0 Å². The lowest BCUT2D eigenvalue weighted by Gasteiger charge is -2.18. The zero-order valence-corrected chi connectivity index (χ0v) is 11.7. The van der Waals surface area contributed by atoms with Crippen LogP contribution in [0.4, 0.5) is 5.69 Å². The molecule has 0 radical (unpaired) electrons. The van der Waals surface area contributed by atoms with Crippen LogP contribution >= 0.6 is 11.6 Å². The molecule has 2 rings (SSSR count). The van der Waals surface area contributed by atoms with Gasteiger partial charge in [-0.1, -0.05) is 32.4 Å². The Kier molecular flexibility index (Phi) is 3.02. The number of tetrazole rings is 1. The number of hydrogen-bond acceptors (Lipinski definition) is 4. The molecule has 1 aromatic heterocycles. The van der Waals surface area contributed by atoms with E-state index < -0.39 is 0 Å². The van der Waals surface area contributed by atoms with Crippen LogP contribution in [0.1, 0.15) is 32.2 Å². The Bertz CT molecular complexity index is 583. The molecule has 2 N–H and O–H groups in total. The zero-order valence-electron chi connectivity index (χ0n) is 10.9. The number of rotatable bonds is 1. The zero-order chi connectivity index (χ0) is 13.5. The third kappa shape index (κ3) is 2.18. The third-order valence-electron chi connectivity index (χ3n) is 2.68. The second-order valence-electron chi connectivity index (χ2n) is 5.32. The number of benzene rings is 1. The second-order valence-corrected chi connectivity index (χ2v) is 5.73. The van der Waals surface area contributed by atoms with Crippen molar-refractivity contribution in [2.24, 2.45) is 0 Å². The lowest BCUT2D eigenvalue weighted by Crippen LogP contribution is -2.19. The van der Waals surface area contributed by atoms with Crippen molar-refractivity contribution in [3.63, 3.8) is 0 Å². The van der Waals surface area contributed by atoms with Gasteiger partial charge in [0, 0.05) is 5.41 Å². The first kappa shape index (κ1) is 12.8. The lowest BCUT2D eigenvalue weighted by molar-refractivity contribution is 0.525. The summed E-state index contributed by atoms with van der Waals surface area (Å²) in [5.74, 6) is 0.784. The maximum absolute atomic E-state index is 6.06. The van der Waals surface area contributed by atoms with Crippen molar-refractivity contribution in [1.82, 2.24) is 20.2 Å². The number of aromatic nitrogens is 4. The highest BCUT2D eigenvalue weighted by Gasteiger charge is 2.23. The minimum Gasteiger partial charge on any atom is -0.398 e. The Balaban J connectivity index is 2.64. The van der Waals surface area contributed by atoms with Gasteiger partial charge < -0.3 is 5.73 Å². The largest absolute Gasteiger partial charge is 0.398 e. The van der Waals surface area contributed by atoms with Crippen molar-refractivity contribution < 1.29 is 0 Å². The monoisotopic (exact) mass is 265 g/mol. The minimum absolute atomic E-state index is 0.149. The van der Waals surface area contributed by atoms with Gasteiger partial charge in [-0.2, -0.15) is 4.68 Å². The quantitative estimate of drug-likeness (QED) is 0.805. The van der Waals surface area contributed by atoms with E-state index in [4.69, 9.17) is 17.3 Å². The Morgan fingerprint density at radius 1 is 1.28 bits per heavy atom. The Morgan fingerprint density at radius 3 is 2.56 bits per heavy atom. The average molecular weight is 266 g/mol. The normalized spacial score (nSPS) is 11.8. The van der Waals surface area contributed by atoms with Gasteiger partial charge in [0.2, 0.25) is 0 Å². The standard InChI is InChI=1S/C12H16ClN5/c1-7-5-9(14)8(13)6-10(7)18-11(12(2,3)4)15-16-17-18/h5-6H,14H2,1-4H3. The highest BCUT2D eigenvalue weighted by atomic mass is 35.5. The van der Waals surface area contributed by atoms with Crippen LogP contribution in [0.5, 0.6) is 0 Å². The Labute approximate surface area is 111 Å². The van der Waals surface area contributed by atoms with Gasteiger partial charge in [0.15, 0.2) is 5.82 Å². The minimum atomic E-state index is -0.149. The molecular weight excluding hydrogens is 250 g/mol. The van der Waals surface area contributed by atoms with Crippen LogP contribution in [-0.4, -0.2) is 20.2 Å². The highest BCUT2D eigenvalue weighted by Crippen LogP contribution is 2.28. The summed E-state index contributed by atoms with van der Waals surface area (Å²) in [4.78, 5) is 0. The molecule has 0 aliphatic carbocycles. The Hall–Kier alpha value is -1.62. The number of nitrogens with zero attached hydrogens (tertiary/aromatic N) is 4. The van der Waals surface area contributed by atoms with Crippen molar-refractivity contribution >= 4 is 17.3 Å². The van der Waals surface area contributed by atoms with E-state index in [1.54, 1.807) is 10.7 Å². The van der Waals surface area contributed by atoms with Crippen molar-refractivity contribution in [2.45, 2.75) is 33.1 Å². The van der Waals surface area contributed by atoms with Crippen molar-refractivity contribution in [1.29, 1.82) is 0 Å². The summed E-state index contributed by atoms with van der Waals surface area (Å²) in [5, 5.41) is 12.4. The SMILES string of the molecule is Cc1cc(N)c(Cl)cc1-n1nnnc1C(C)(C)C. The molecule has 0 saturated heterocycles. The summed E-state index contributed by atoms with van der Waals surface area (Å²) in [6.07, 6.45) is 0. The first-order chi connectivity index (χ1) is 8.30.